The van der Waals surface area contributed by atoms with Gasteiger partial charge in [-0.1, -0.05) is 13.3 Å². The summed E-state index contributed by atoms with van der Waals surface area (Å²) in [5.74, 6) is 0. The zero-order valence-electron chi connectivity index (χ0n) is 6.04. The van der Waals surface area contributed by atoms with Gasteiger partial charge in [-0.05, 0) is 18.1 Å². The van der Waals surface area contributed by atoms with E-state index in [0.717, 1.165) is 12.0 Å². The summed E-state index contributed by atoms with van der Waals surface area (Å²) >= 11 is 0. The average Bonchev–Trinajstić information content (AvgIpc) is 2.03. The molecule has 0 saturated heterocycles. The van der Waals surface area contributed by atoms with Crippen LogP contribution in [0.1, 0.15) is 25.3 Å². The Morgan fingerprint density at radius 1 is 1.60 bits per heavy atom. The molecule has 0 amide bonds. The highest BCUT2D eigenvalue weighted by Gasteiger charge is 1.91. The number of hydrogen-bond acceptors (Lipinski definition) is 3. The Labute approximate surface area is 60.5 Å². The molecule has 0 aliphatic rings. The Morgan fingerprint density at radius 3 is 3.10 bits per heavy atom. The lowest BCUT2D eigenvalue weighted by Crippen LogP contribution is -1.91. The molecule has 0 saturated carbocycles. The van der Waals surface area contributed by atoms with Gasteiger partial charge in [0.15, 0.2) is 0 Å². The van der Waals surface area contributed by atoms with Crippen LogP contribution >= 0.6 is 0 Å². The molecule has 0 aliphatic carbocycles. The third-order valence-electron chi connectivity index (χ3n) is 1.30. The van der Waals surface area contributed by atoms with Crippen molar-refractivity contribution < 1.29 is 0 Å². The fourth-order valence-electron chi connectivity index (χ4n) is 0.724. The molecule has 1 heterocycles. The monoisotopic (exact) mass is 136 g/mol. The number of rotatable bonds is 3. The van der Waals surface area contributed by atoms with Gasteiger partial charge in [0.05, 0.1) is 6.20 Å². The molecule has 1 radical (unpaired) electrons. The van der Waals surface area contributed by atoms with Crippen LogP contribution in [0.15, 0.2) is 6.20 Å². The van der Waals surface area contributed by atoms with Gasteiger partial charge in [0, 0.05) is 5.56 Å². The van der Waals surface area contributed by atoms with Crippen LogP contribution in [-0.2, 0) is 6.42 Å². The predicted octanol–water partition coefficient (Wildman–Crippen LogP) is 1.01. The van der Waals surface area contributed by atoms with Crippen LogP contribution in [0.2, 0.25) is 0 Å². The SMILES string of the molecule is CCCCc1[c]nnnc1. The normalized spacial score (nSPS) is 9.70. The highest BCUT2D eigenvalue weighted by atomic mass is 15.3. The Kier molecular flexibility index (Phi) is 2.80. The van der Waals surface area contributed by atoms with Crippen LogP contribution in [0.25, 0.3) is 0 Å². The van der Waals surface area contributed by atoms with Crippen molar-refractivity contribution in [1.82, 2.24) is 15.4 Å². The Hall–Kier alpha value is -0.990. The van der Waals surface area contributed by atoms with Gasteiger partial charge >= 0.3 is 0 Å². The molecule has 0 bridgehead atoms. The van der Waals surface area contributed by atoms with E-state index in [4.69, 9.17) is 0 Å². The van der Waals surface area contributed by atoms with E-state index >= 15 is 0 Å². The molecule has 0 aromatic carbocycles. The highest BCUT2D eigenvalue weighted by molar-refractivity contribution is 4.98. The summed E-state index contributed by atoms with van der Waals surface area (Å²) in [5.41, 5.74) is 1.05. The van der Waals surface area contributed by atoms with Crippen molar-refractivity contribution in [3.05, 3.63) is 18.0 Å². The summed E-state index contributed by atoms with van der Waals surface area (Å²) in [6, 6.07) is 0. The lowest BCUT2D eigenvalue weighted by Gasteiger charge is -1.93. The van der Waals surface area contributed by atoms with Crippen molar-refractivity contribution >= 4 is 0 Å². The Balaban J connectivity index is 2.43. The number of aromatic nitrogens is 3. The van der Waals surface area contributed by atoms with E-state index in [1.54, 1.807) is 6.20 Å². The first kappa shape index (κ1) is 7.12. The second-order valence-electron chi connectivity index (χ2n) is 2.17. The second-order valence-corrected chi connectivity index (χ2v) is 2.17. The maximum atomic E-state index is 3.65. The van der Waals surface area contributed by atoms with Crippen molar-refractivity contribution in [2.45, 2.75) is 26.2 Å². The number of aryl methyl sites for hydroxylation is 1. The lowest BCUT2D eigenvalue weighted by atomic mass is 10.2. The van der Waals surface area contributed by atoms with Gasteiger partial charge in [-0.3, -0.25) is 0 Å². The van der Waals surface area contributed by atoms with Crippen LogP contribution in [0.4, 0.5) is 0 Å². The third kappa shape index (κ3) is 2.09. The summed E-state index contributed by atoms with van der Waals surface area (Å²) in [7, 11) is 0. The fourth-order valence-corrected chi connectivity index (χ4v) is 0.724. The molecule has 0 spiro atoms. The molecule has 0 atom stereocenters. The molecule has 0 aliphatic heterocycles. The summed E-state index contributed by atoms with van der Waals surface area (Å²) < 4.78 is 0. The van der Waals surface area contributed by atoms with E-state index in [1.165, 1.54) is 12.8 Å². The van der Waals surface area contributed by atoms with Gasteiger partial charge in [0.1, 0.15) is 6.20 Å². The quantitative estimate of drug-likeness (QED) is 0.622. The molecule has 3 nitrogen and oxygen atoms in total. The van der Waals surface area contributed by atoms with Crippen molar-refractivity contribution in [2.75, 3.05) is 0 Å². The predicted molar refractivity (Wildman–Crippen MR) is 37.3 cm³/mol. The van der Waals surface area contributed by atoms with Crippen molar-refractivity contribution in [2.24, 2.45) is 0 Å². The molecule has 10 heavy (non-hydrogen) atoms. The minimum Gasteiger partial charge on any atom is -0.138 e. The molecular weight excluding hydrogens is 126 g/mol. The van der Waals surface area contributed by atoms with Crippen LogP contribution < -0.4 is 0 Å². The van der Waals surface area contributed by atoms with Crippen LogP contribution in [0.3, 0.4) is 0 Å². The minimum absolute atomic E-state index is 1.01. The van der Waals surface area contributed by atoms with Crippen molar-refractivity contribution in [3.63, 3.8) is 0 Å². The van der Waals surface area contributed by atoms with Crippen LogP contribution in [0, 0.1) is 6.20 Å². The number of hydrogen-bond donors (Lipinski definition) is 0. The molecule has 53 valence electrons. The topological polar surface area (TPSA) is 38.7 Å². The molecule has 0 unspecified atom stereocenters. The number of nitrogens with zero attached hydrogens (tertiary/aromatic N) is 3. The first-order valence-corrected chi connectivity index (χ1v) is 3.48. The van der Waals surface area contributed by atoms with Crippen LogP contribution in [0.5, 0.6) is 0 Å². The average molecular weight is 136 g/mol. The molecule has 3 heteroatoms. The zero-order chi connectivity index (χ0) is 7.23. The number of unbranched alkanes of at least 4 members (excludes halogenated alkanes) is 1. The first-order valence-electron chi connectivity index (χ1n) is 3.48. The third-order valence-corrected chi connectivity index (χ3v) is 1.30. The van der Waals surface area contributed by atoms with Crippen molar-refractivity contribution in [1.29, 1.82) is 0 Å². The van der Waals surface area contributed by atoms with Gasteiger partial charge in [0.2, 0.25) is 0 Å². The molecule has 1 rings (SSSR count). The Bertz CT molecular complexity index is 173. The van der Waals surface area contributed by atoms with E-state index < -0.39 is 0 Å². The van der Waals surface area contributed by atoms with Gasteiger partial charge in [0.25, 0.3) is 0 Å². The first-order chi connectivity index (χ1) is 4.93. The molecule has 0 N–H and O–H groups in total. The van der Waals surface area contributed by atoms with Crippen molar-refractivity contribution in [3.8, 4) is 0 Å². The highest BCUT2D eigenvalue weighted by Crippen LogP contribution is 1.98. The largest absolute Gasteiger partial charge is 0.138 e. The molecule has 0 fully saturated rings. The molecule has 1 aromatic rings. The maximum absolute atomic E-state index is 3.65. The zero-order valence-corrected chi connectivity index (χ0v) is 6.04. The van der Waals surface area contributed by atoms with E-state index in [1.807, 2.05) is 0 Å². The van der Waals surface area contributed by atoms with Gasteiger partial charge < -0.3 is 0 Å². The Morgan fingerprint density at radius 2 is 2.50 bits per heavy atom. The standard InChI is InChI=1S/C7H10N3/c1-2-3-4-7-5-8-10-9-6-7/h5H,2-4H2,1H3. The van der Waals surface area contributed by atoms with E-state index in [0.29, 0.717) is 0 Å². The van der Waals surface area contributed by atoms with Crippen LogP contribution in [-0.4, -0.2) is 15.4 Å². The minimum atomic E-state index is 1.01. The van der Waals surface area contributed by atoms with Gasteiger partial charge in [-0.2, -0.15) is 0 Å². The summed E-state index contributed by atoms with van der Waals surface area (Å²) in [5, 5.41) is 10.6. The molecular formula is C7H10N3. The summed E-state index contributed by atoms with van der Waals surface area (Å²) in [4.78, 5) is 0. The summed E-state index contributed by atoms with van der Waals surface area (Å²) in [6.45, 7) is 2.15. The summed E-state index contributed by atoms with van der Waals surface area (Å²) in [6.07, 6.45) is 7.86. The van der Waals surface area contributed by atoms with E-state index in [-0.39, 0.29) is 0 Å². The van der Waals surface area contributed by atoms with Gasteiger partial charge in [-0.15, -0.1) is 10.2 Å². The van der Waals surface area contributed by atoms with E-state index in [9.17, 15) is 0 Å². The lowest BCUT2D eigenvalue weighted by molar-refractivity contribution is 0.762. The second kappa shape index (κ2) is 3.93. The van der Waals surface area contributed by atoms with E-state index in [2.05, 4.69) is 28.5 Å². The maximum Gasteiger partial charge on any atom is 0.120 e. The smallest absolute Gasteiger partial charge is 0.120 e. The van der Waals surface area contributed by atoms with Gasteiger partial charge in [-0.25, -0.2) is 0 Å². The molecule has 1 aromatic heterocycles. The fraction of sp³-hybridized carbons (Fsp3) is 0.571.